The van der Waals surface area contributed by atoms with Crippen LogP contribution >= 0.6 is 23.2 Å². The summed E-state index contributed by atoms with van der Waals surface area (Å²) in [5.41, 5.74) is -2.07. The highest BCUT2D eigenvalue weighted by molar-refractivity contribution is 6.58. The maximum absolute atomic E-state index is 15.2. The SMILES string of the molecule is COc1ccc([C@H]2C3=CC[C@@H]4C(=O)N(c5cccc(C(=O)O)c5)C(=O)[C@@H]4[C@@H]3C[C@@]3(Cl)C(=O)N(c4c(F)c(F)c(F)c(F)c4F)C(=O)[C@@]23Cl)cc1O. The molecule has 3 aromatic rings. The van der Waals surface area contributed by atoms with Crippen molar-refractivity contribution in [1.29, 1.82) is 0 Å². The summed E-state index contributed by atoms with van der Waals surface area (Å²) in [6, 6.07) is 8.71. The van der Waals surface area contributed by atoms with E-state index in [0.29, 0.717) is 0 Å². The first-order valence-electron chi connectivity index (χ1n) is 15.1. The number of imide groups is 2. The number of anilines is 2. The molecule has 2 saturated heterocycles. The number of phenolic OH excluding ortho intramolecular Hbond substituents is 1. The Morgan fingerprint density at radius 3 is 2.12 bits per heavy atom. The average molecular weight is 751 g/mol. The number of carbonyl (C=O) groups excluding carboxylic acids is 4. The fraction of sp³-hybridized carbons (Fsp3) is 0.265. The molecule has 2 aliphatic heterocycles. The Morgan fingerprint density at radius 2 is 1.51 bits per heavy atom. The van der Waals surface area contributed by atoms with Crippen LogP contribution in [-0.4, -0.2) is 56.7 Å². The van der Waals surface area contributed by atoms with Gasteiger partial charge in [-0.05, 0) is 54.7 Å². The Kier molecular flexibility index (Phi) is 7.76. The number of carboxylic acid groups (broad SMARTS) is 1. The van der Waals surface area contributed by atoms with Gasteiger partial charge < -0.3 is 14.9 Å². The second-order valence-electron chi connectivity index (χ2n) is 12.5. The second-order valence-corrected chi connectivity index (χ2v) is 13.7. The molecule has 51 heavy (non-hydrogen) atoms. The number of aromatic hydroxyl groups is 1. The zero-order valence-electron chi connectivity index (χ0n) is 25.7. The van der Waals surface area contributed by atoms with Crippen molar-refractivity contribution in [1.82, 2.24) is 0 Å². The molecule has 6 atom stereocenters. The minimum atomic E-state index is -2.77. The standard InChI is InChI=1S/C34H21Cl2F5N2O8/c1-51-19-8-5-12(10-18(19)44)21-15-6-7-16-20(29(46)42(28(16)45)14-4-2-3-13(9-14)30(47)48)17(15)11-33(35)31(49)43(32(50)34(21,33)36)27-25(40)23(38)22(37)24(39)26(27)41/h2-6,8-10,16-17,20-21,44H,7,11H2,1H3,(H,47,48)/t16-,17+,20-,21-,33+,34-/m0/s1. The van der Waals surface area contributed by atoms with Gasteiger partial charge in [0, 0.05) is 5.92 Å². The molecule has 0 radical (unpaired) electrons. The van der Waals surface area contributed by atoms with Crippen molar-refractivity contribution in [3.8, 4) is 11.5 Å². The fourth-order valence-corrected chi connectivity index (χ4v) is 8.79. The Bertz CT molecular complexity index is 2150. The smallest absolute Gasteiger partial charge is 0.335 e. The van der Waals surface area contributed by atoms with Crippen LogP contribution in [0.5, 0.6) is 11.5 Å². The van der Waals surface area contributed by atoms with Crippen LogP contribution in [0.1, 0.15) is 34.7 Å². The third kappa shape index (κ3) is 4.43. The predicted molar refractivity (Wildman–Crippen MR) is 167 cm³/mol. The number of halogens is 7. The quantitative estimate of drug-likeness (QED) is 0.0863. The lowest BCUT2D eigenvalue weighted by molar-refractivity contribution is -0.125. The maximum Gasteiger partial charge on any atom is 0.335 e. The number of rotatable bonds is 5. The number of hydrogen-bond acceptors (Lipinski definition) is 7. The number of nitrogens with zero attached hydrogens (tertiary/aromatic N) is 2. The summed E-state index contributed by atoms with van der Waals surface area (Å²) in [7, 11) is 1.24. The Morgan fingerprint density at radius 1 is 0.863 bits per heavy atom. The van der Waals surface area contributed by atoms with Gasteiger partial charge in [0.25, 0.3) is 11.8 Å². The lowest BCUT2D eigenvalue weighted by atomic mass is 9.56. The number of phenols is 1. The molecular weight excluding hydrogens is 730 g/mol. The summed E-state index contributed by atoms with van der Waals surface area (Å²) in [6.45, 7) is 0. The predicted octanol–water partition coefficient (Wildman–Crippen LogP) is 5.56. The van der Waals surface area contributed by atoms with Gasteiger partial charge in [-0.3, -0.25) is 24.1 Å². The van der Waals surface area contributed by atoms with Crippen LogP contribution in [0, 0.1) is 46.8 Å². The van der Waals surface area contributed by atoms with E-state index in [4.69, 9.17) is 27.9 Å². The molecule has 2 aliphatic carbocycles. The molecule has 0 spiro atoms. The summed E-state index contributed by atoms with van der Waals surface area (Å²) in [4.78, 5) is 63.2. The number of methoxy groups -OCH3 is 1. The molecule has 264 valence electrons. The number of fused-ring (bicyclic) bond motifs is 4. The van der Waals surface area contributed by atoms with Crippen LogP contribution in [0.25, 0.3) is 0 Å². The number of hydrogen-bond donors (Lipinski definition) is 2. The van der Waals surface area contributed by atoms with E-state index in [1.54, 1.807) is 0 Å². The highest BCUT2D eigenvalue weighted by Crippen LogP contribution is 2.66. The largest absolute Gasteiger partial charge is 0.504 e. The van der Waals surface area contributed by atoms with Gasteiger partial charge in [0.2, 0.25) is 17.6 Å². The van der Waals surface area contributed by atoms with E-state index in [-0.39, 0.29) is 39.5 Å². The Balaban J connectivity index is 1.42. The van der Waals surface area contributed by atoms with Gasteiger partial charge in [-0.25, -0.2) is 31.6 Å². The molecule has 1 saturated carbocycles. The maximum atomic E-state index is 15.2. The highest BCUT2D eigenvalue weighted by atomic mass is 35.5. The van der Waals surface area contributed by atoms with Crippen LogP contribution in [-0.2, 0) is 19.2 Å². The summed E-state index contributed by atoms with van der Waals surface area (Å²) in [5, 5.41) is 20.2. The number of ether oxygens (including phenoxy) is 1. The third-order valence-corrected chi connectivity index (χ3v) is 11.5. The topological polar surface area (TPSA) is 142 Å². The van der Waals surface area contributed by atoms with E-state index in [1.165, 1.54) is 43.5 Å². The van der Waals surface area contributed by atoms with Gasteiger partial charge in [-0.2, -0.15) is 0 Å². The molecule has 0 bridgehead atoms. The van der Waals surface area contributed by atoms with Crippen LogP contribution in [0.3, 0.4) is 0 Å². The molecule has 4 amide bonds. The lowest BCUT2D eigenvalue weighted by Gasteiger charge is -2.50. The summed E-state index contributed by atoms with van der Waals surface area (Å²) < 4.78 is 78.3. The number of allylic oxidation sites excluding steroid dienone is 2. The van der Waals surface area contributed by atoms with E-state index in [2.05, 4.69) is 0 Å². The zero-order chi connectivity index (χ0) is 37.1. The average Bonchev–Trinajstić information content (AvgIpc) is 3.44. The lowest BCUT2D eigenvalue weighted by Crippen LogP contribution is -2.60. The zero-order valence-corrected chi connectivity index (χ0v) is 27.2. The first-order valence-corrected chi connectivity index (χ1v) is 15.8. The normalized spacial score (nSPS) is 28.4. The monoisotopic (exact) mass is 750 g/mol. The van der Waals surface area contributed by atoms with E-state index in [1.807, 2.05) is 0 Å². The molecular formula is C34H21Cl2F5N2O8. The minimum Gasteiger partial charge on any atom is -0.504 e. The van der Waals surface area contributed by atoms with Crippen LogP contribution in [0.4, 0.5) is 33.3 Å². The molecule has 0 unspecified atom stereocenters. The van der Waals surface area contributed by atoms with E-state index in [9.17, 15) is 47.4 Å². The van der Waals surface area contributed by atoms with Crippen molar-refractivity contribution < 1.29 is 60.9 Å². The number of benzene rings is 3. The number of carboxylic acids is 1. The first kappa shape index (κ1) is 34.4. The Hall–Kier alpha value is -5.02. The Labute approximate surface area is 293 Å². The van der Waals surface area contributed by atoms with Crippen molar-refractivity contribution in [2.75, 3.05) is 16.9 Å². The molecule has 3 aromatic carbocycles. The van der Waals surface area contributed by atoms with Gasteiger partial charge in [-0.1, -0.05) is 23.8 Å². The number of carbonyl (C=O) groups is 5. The molecule has 7 rings (SSSR count). The number of amides is 4. The molecule has 0 aromatic heterocycles. The first-order chi connectivity index (χ1) is 24.0. The summed E-state index contributed by atoms with van der Waals surface area (Å²) >= 11 is 14.1. The van der Waals surface area contributed by atoms with Crippen LogP contribution in [0.2, 0.25) is 0 Å². The van der Waals surface area contributed by atoms with Crippen molar-refractivity contribution in [2.24, 2.45) is 17.8 Å². The van der Waals surface area contributed by atoms with Crippen molar-refractivity contribution in [3.63, 3.8) is 0 Å². The van der Waals surface area contributed by atoms with E-state index < -0.39 is 110 Å². The highest BCUT2D eigenvalue weighted by Gasteiger charge is 2.77. The summed E-state index contributed by atoms with van der Waals surface area (Å²) in [6.07, 6.45) is 0.613. The molecule has 17 heteroatoms. The van der Waals surface area contributed by atoms with Gasteiger partial charge in [0.05, 0.1) is 30.2 Å². The van der Waals surface area contributed by atoms with Gasteiger partial charge in [0.1, 0.15) is 5.69 Å². The summed E-state index contributed by atoms with van der Waals surface area (Å²) in [5.74, 6) is -24.4. The fourth-order valence-electron chi connectivity index (χ4n) is 7.86. The second kappa shape index (κ2) is 11.5. The van der Waals surface area contributed by atoms with Crippen molar-refractivity contribution in [2.45, 2.75) is 28.5 Å². The molecule has 2 N–H and O–H groups in total. The van der Waals surface area contributed by atoms with Crippen molar-refractivity contribution in [3.05, 3.63) is 94.3 Å². The number of alkyl halides is 2. The van der Waals surface area contributed by atoms with Gasteiger partial charge in [-0.15, -0.1) is 23.2 Å². The van der Waals surface area contributed by atoms with Crippen LogP contribution in [0.15, 0.2) is 54.1 Å². The minimum absolute atomic E-state index is 0.0223. The van der Waals surface area contributed by atoms with E-state index in [0.717, 1.165) is 17.0 Å². The molecule has 3 fully saturated rings. The van der Waals surface area contributed by atoms with E-state index >= 15 is 8.78 Å². The molecule has 10 nitrogen and oxygen atoms in total. The van der Waals surface area contributed by atoms with Gasteiger partial charge >= 0.3 is 5.97 Å². The molecule has 2 heterocycles. The van der Waals surface area contributed by atoms with Crippen LogP contribution < -0.4 is 14.5 Å². The number of aromatic carboxylic acids is 1. The third-order valence-electron chi connectivity index (χ3n) is 10.1. The molecule has 4 aliphatic rings. The van der Waals surface area contributed by atoms with Crippen molar-refractivity contribution >= 4 is 64.2 Å². The van der Waals surface area contributed by atoms with Gasteiger partial charge in [0.15, 0.2) is 44.5 Å².